The third-order valence-electron chi connectivity index (χ3n) is 2.38. The highest BCUT2D eigenvalue weighted by Gasteiger charge is 2.19. The van der Waals surface area contributed by atoms with Gasteiger partial charge < -0.3 is 15.5 Å². The van der Waals surface area contributed by atoms with Crippen molar-refractivity contribution in [1.82, 2.24) is 9.80 Å². The molecule has 0 aromatic carbocycles. The van der Waals surface area contributed by atoms with Crippen LogP contribution in [0.15, 0.2) is 0 Å². The molecule has 0 radical (unpaired) electrons. The molecule has 0 bridgehead atoms. The van der Waals surface area contributed by atoms with Gasteiger partial charge in [-0.1, -0.05) is 0 Å². The molecule has 0 aliphatic carbocycles. The third kappa shape index (κ3) is 8.12. The molecule has 6 nitrogen and oxygen atoms in total. The minimum Gasteiger partial charge on any atom is -0.343 e. The third-order valence-corrected chi connectivity index (χ3v) is 3.35. The van der Waals surface area contributed by atoms with Gasteiger partial charge in [0.1, 0.15) is 9.84 Å². The van der Waals surface area contributed by atoms with Gasteiger partial charge in [-0.15, -0.1) is 0 Å². The van der Waals surface area contributed by atoms with E-state index in [0.29, 0.717) is 6.54 Å². The fraction of sp³-hybridized carbons (Fsp3) is 0.900. The molecule has 0 fully saturated rings. The molecule has 1 atom stereocenters. The molecule has 1 unspecified atom stereocenters. The van der Waals surface area contributed by atoms with Crippen molar-refractivity contribution in [2.75, 3.05) is 46.2 Å². The first-order chi connectivity index (χ1) is 7.63. The highest BCUT2D eigenvalue weighted by molar-refractivity contribution is 7.90. The number of carbonyl (C=O) groups is 1. The Hall–Kier alpha value is -0.660. The van der Waals surface area contributed by atoms with Crippen LogP contribution < -0.4 is 5.73 Å². The van der Waals surface area contributed by atoms with Crippen LogP contribution in [0.5, 0.6) is 0 Å². The summed E-state index contributed by atoms with van der Waals surface area (Å²) in [6.07, 6.45) is 1.31. The Morgan fingerprint density at radius 2 is 1.76 bits per heavy atom. The quantitative estimate of drug-likeness (QED) is 0.623. The lowest BCUT2D eigenvalue weighted by molar-refractivity contribution is -0.131. The SMILES string of the molecule is CN(C)CCN(C)C(=O)C(N)CCS(C)(=O)=O. The molecular weight excluding hydrogens is 242 g/mol. The van der Waals surface area contributed by atoms with Crippen LogP contribution in [0.2, 0.25) is 0 Å². The average molecular weight is 265 g/mol. The molecular formula is C10H23N3O3S. The van der Waals surface area contributed by atoms with E-state index in [1.165, 1.54) is 4.90 Å². The number of carbonyl (C=O) groups excluding carboxylic acids is 1. The zero-order valence-electron chi connectivity index (χ0n) is 11.0. The van der Waals surface area contributed by atoms with Gasteiger partial charge in [0.2, 0.25) is 5.91 Å². The highest BCUT2D eigenvalue weighted by atomic mass is 32.2. The van der Waals surface area contributed by atoms with E-state index in [1.807, 2.05) is 19.0 Å². The van der Waals surface area contributed by atoms with Crippen molar-refractivity contribution >= 4 is 15.7 Å². The predicted molar refractivity (Wildman–Crippen MR) is 68.5 cm³/mol. The molecule has 0 rings (SSSR count). The lowest BCUT2D eigenvalue weighted by Gasteiger charge is -2.22. The van der Waals surface area contributed by atoms with Crippen LogP contribution in [0.3, 0.4) is 0 Å². The van der Waals surface area contributed by atoms with Gasteiger partial charge >= 0.3 is 0 Å². The number of sulfone groups is 1. The Morgan fingerprint density at radius 3 is 2.18 bits per heavy atom. The van der Waals surface area contributed by atoms with Gasteiger partial charge in [-0.25, -0.2) is 8.42 Å². The molecule has 2 N–H and O–H groups in total. The van der Waals surface area contributed by atoms with Crippen molar-refractivity contribution in [3.8, 4) is 0 Å². The average Bonchev–Trinajstić information content (AvgIpc) is 2.20. The van der Waals surface area contributed by atoms with Crippen LogP contribution >= 0.6 is 0 Å². The Bertz CT molecular complexity index is 341. The van der Waals surface area contributed by atoms with E-state index in [2.05, 4.69) is 0 Å². The van der Waals surface area contributed by atoms with Crippen LogP contribution in [0.25, 0.3) is 0 Å². The number of amides is 1. The fourth-order valence-corrected chi connectivity index (χ4v) is 1.89. The maximum Gasteiger partial charge on any atom is 0.239 e. The van der Waals surface area contributed by atoms with Gasteiger partial charge in [0, 0.05) is 26.4 Å². The van der Waals surface area contributed by atoms with E-state index in [9.17, 15) is 13.2 Å². The number of nitrogens with two attached hydrogens (primary N) is 1. The fourth-order valence-electron chi connectivity index (χ4n) is 1.21. The van der Waals surface area contributed by atoms with E-state index in [1.54, 1.807) is 7.05 Å². The van der Waals surface area contributed by atoms with E-state index < -0.39 is 15.9 Å². The van der Waals surface area contributed by atoms with E-state index >= 15 is 0 Å². The largest absolute Gasteiger partial charge is 0.343 e. The van der Waals surface area contributed by atoms with Crippen molar-refractivity contribution in [2.45, 2.75) is 12.5 Å². The molecule has 0 saturated heterocycles. The zero-order valence-corrected chi connectivity index (χ0v) is 11.8. The van der Waals surface area contributed by atoms with Gasteiger partial charge in [0.25, 0.3) is 0 Å². The van der Waals surface area contributed by atoms with Crippen LogP contribution in [-0.4, -0.2) is 76.4 Å². The highest BCUT2D eigenvalue weighted by Crippen LogP contribution is 1.98. The standard InChI is InChI=1S/C10H23N3O3S/c1-12(2)6-7-13(3)10(14)9(11)5-8-17(4,15)16/h9H,5-8,11H2,1-4H3. The number of hydrogen-bond acceptors (Lipinski definition) is 5. The number of hydrogen-bond donors (Lipinski definition) is 1. The van der Waals surface area contributed by atoms with Gasteiger partial charge in [-0.05, 0) is 20.5 Å². The summed E-state index contributed by atoms with van der Waals surface area (Å²) in [5, 5.41) is 0. The van der Waals surface area contributed by atoms with Gasteiger partial charge in [-0.2, -0.15) is 0 Å². The summed E-state index contributed by atoms with van der Waals surface area (Å²) < 4.78 is 21.9. The van der Waals surface area contributed by atoms with Crippen molar-refractivity contribution in [2.24, 2.45) is 5.73 Å². The van der Waals surface area contributed by atoms with Crippen molar-refractivity contribution in [3.05, 3.63) is 0 Å². The Morgan fingerprint density at radius 1 is 1.24 bits per heavy atom. The monoisotopic (exact) mass is 265 g/mol. The van der Waals surface area contributed by atoms with Gasteiger partial charge in [0.05, 0.1) is 11.8 Å². The summed E-state index contributed by atoms with van der Waals surface area (Å²) in [5.74, 6) is -0.267. The molecule has 0 saturated carbocycles. The summed E-state index contributed by atoms with van der Waals surface area (Å²) in [7, 11) is 2.45. The summed E-state index contributed by atoms with van der Waals surface area (Å²) >= 11 is 0. The molecule has 0 aliphatic heterocycles. The lowest BCUT2D eigenvalue weighted by atomic mass is 10.2. The Balaban J connectivity index is 4.11. The molecule has 0 aromatic rings. The van der Waals surface area contributed by atoms with Crippen LogP contribution in [0, 0.1) is 0 Å². The summed E-state index contributed by atoms with van der Waals surface area (Å²) in [6.45, 7) is 1.33. The van der Waals surface area contributed by atoms with Crippen LogP contribution in [0.4, 0.5) is 0 Å². The topological polar surface area (TPSA) is 83.7 Å². The first-order valence-corrected chi connectivity index (χ1v) is 7.52. The van der Waals surface area contributed by atoms with Crippen molar-refractivity contribution in [1.29, 1.82) is 0 Å². The molecule has 1 amide bonds. The predicted octanol–water partition coefficient (Wildman–Crippen LogP) is -1.23. The van der Waals surface area contributed by atoms with E-state index in [4.69, 9.17) is 5.73 Å². The molecule has 0 aliphatic rings. The van der Waals surface area contributed by atoms with Crippen LogP contribution in [-0.2, 0) is 14.6 Å². The molecule has 17 heavy (non-hydrogen) atoms. The van der Waals surface area contributed by atoms with E-state index in [-0.39, 0.29) is 18.1 Å². The van der Waals surface area contributed by atoms with Crippen molar-refractivity contribution < 1.29 is 13.2 Å². The van der Waals surface area contributed by atoms with Gasteiger partial charge in [-0.3, -0.25) is 4.79 Å². The molecule has 7 heteroatoms. The summed E-state index contributed by atoms with van der Waals surface area (Å²) in [5.41, 5.74) is 5.66. The zero-order chi connectivity index (χ0) is 13.6. The summed E-state index contributed by atoms with van der Waals surface area (Å²) in [4.78, 5) is 15.3. The minimum atomic E-state index is -3.06. The maximum atomic E-state index is 11.8. The van der Waals surface area contributed by atoms with Crippen molar-refractivity contribution in [3.63, 3.8) is 0 Å². The lowest BCUT2D eigenvalue weighted by Crippen LogP contribution is -2.44. The van der Waals surface area contributed by atoms with E-state index in [0.717, 1.165) is 12.8 Å². The number of rotatable bonds is 7. The maximum absolute atomic E-state index is 11.8. The number of nitrogens with zero attached hydrogens (tertiary/aromatic N) is 2. The molecule has 0 aromatic heterocycles. The minimum absolute atomic E-state index is 0.0541. The smallest absolute Gasteiger partial charge is 0.239 e. The molecule has 102 valence electrons. The first kappa shape index (κ1) is 16.3. The Kier molecular flexibility index (Phi) is 6.66. The molecule has 0 spiro atoms. The normalized spacial score (nSPS) is 13.8. The Labute approximate surface area is 104 Å². The van der Waals surface area contributed by atoms with Gasteiger partial charge in [0.15, 0.2) is 0 Å². The molecule has 0 heterocycles. The van der Waals surface area contributed by atoms with Crippen LogP contribution in [0.1, 0.15) is 6.42 Å². The second-order valence-corrected chi connectivity index (χ2v) is 6.85. The number of likely N-dealkylation sites (N-methyl/N-ethyl adjacent to an activating group) is 2. The second kappa shape index (κ2) is 6.93. The second-order valence-electron chi connectivity index (χ2n) is 4.59. The first-order valence-electron chi connectivity index (χ1n) is 5.46. The summed E-state index contributed by atoms with van der Waals surface area (Å²) in [6, 6.07) is -0.739.